The fourth-order valence-electron chi connectivity index (χ4n) is 3.54. The molecule has 0 saturated carbocycles. The van der Waals surface area contributed by atoms with Crippen molar-refractivity contribution in [3.05, 3.63) is 66.5 Å². The summed E-state index contributed by atoms with van der Waals surface area (Å²) in [5.74, 6) is -0.436. The average Bonchev–Trinajstić information content (AvgIpc) is 3.11. The summed E-state index contributed by atoms with van der Waals surface area (Å²) < 4.78 is 0.591. The Morgan fingerprint density at radius 1 is 1.06 bits per heavy atom. The van der Waals surface area contributed by atoms with E-state index in [1.54, 1.807) is 29.2 Å². The van der Waals surface area contributed by atoms with Crippen LogP contribution in [-0.4, -0.2) is 59.3 Å². The monoisotopic (exact) mass is 526 g/mol. The highest BCUT2D eigenvalue weighted by Crippen LogP contribution is 2.38. The molecule has 4 rings (SSSR count). The van der Waals surface area contributed by atoms with Crippen LogP contribution in [0.1, 0.15) is 9.67 Å². The Morgan fingerprint density at radius 3 is 2.45 bits per heavy atom. The molecule has 0 unspecified atom stereocenters. The molecule has 2 heterocycles. The Kier molecular flexibility index (Phi) is 7.06. The van der Waals surface area contributed by atoms with Crippen LogP contribution in [0.15, 0.2) is 36.4 Å². The second kappa shape index (κ2) is 9.82. The van der Waals surface area contributed by atoms with E-state index in [0.717, 1.165) is 11.3 Å². The highest BCUT2D eigenvalue weighted by atomic mass is 35.5. The van der Waals surface area contributed by atoms with Crippen LogP contribution < -0.4 is 5.32 Å². The Hall–Kier alpha value is -2.43. The van der Waals surface area contributed by atoms with Crippen molar-refractivity contribution < 1.29 is 14.5 Å². The van der Waals surface area contributed by atoms with Crippen molar-refractivity contribution in [3.63, 3.8) is 0 Å². The van der Waals surface area contributed by atoms with Gasteiger partial charge in [0, 0.05) is 53.4 Å². The summed E-state index contributed by atoms with van der Waals surface area (Å²) in [6.45, 7) is 2.05. The van der Waals surface area contributed by atoms with E-state index < -0.39 is 4.92 Å². The highest BCUT2D eigenvalue weighted by molar-refractivity contribution is 7.21. The van der Waals surface area contributed by atoms with Gasteiger partial charge in [0.2, 0.25) is 5.91 Å². The fourth-order valence-corrected chi connectivity index (χ4v) is 5.51. The number of hydrogen-bond donors (Lipinski definition) is 1. The van der Waals surface area contributed by atoms with Crippen LogP contribution in [0.25, 0.3) is 10.1 Å². The first-order valence-corrected chi connectivity index (χ1v) is 11.8. The summed E-state index contributed by atoms with van der Waals surface area (Å²) in [5, 5.41) is 15.5. The molecule has 12 heteroatoms. The smallest absolute Gasteiger partial charge is 0.270 e. The van der Waals surface area contributed by atoms with Crippen molar-refractivity contribution in [2.45, 2.75) is 0 Å². The first kappa shape index (κ1) is 23.7. The van der Waals surface area contributed by atoms with Gasteiger partial charge in [0.15, 0.2) is 0 Å². The van der Waals surface area contributed by atoms with E-state index in [0.29, 0.717) is 61.9 Å². The molecule has 33 heavy (non-hydrogen) atoms. The maximum atomic E-state index is 13.0. The maximum Gasteiger partial charge on any atom is 0.270 e. The molecule has 1 aromatic heterocycles. The number of halogens is 3. The van der Waals surface area contributed by atoms with Gasteiger partial charge in [-0.15, -0.1) is 11.3 Å². The number of non-ortho nitro benzene ring substituents is 1. The molecule has 2 amide bonds. The molecule has 3 aromatic rings. The molecule has 172 valence electrons. The molecule has 0 atom stereocenters. The number of nitro benzene ring substituents is 1. The van der Waals surface area contributed by atoms with Crippen LogP contribution in [0.3, 0.4) is 0 Å². The lowest BCUT2D eigenvalue weighted by Crippen LogP contribution is -2.50. The third-order valence-electron chi connectivity index (χ3n) is 5.25. The van der Waals surface area contributed by atoms with Gasteiger partial charge in [-0.1, -0.05) is 34.8 Å². The van der Waals surface area contributed by atoms with Crippen LogP contribution in [-0.2, 0) is 4.79 Å². The van der Waals surface area contributed by atoms with Crippen molar-refractivity contribution in [3.8, 4) is 0 Å². The largest absolute Gasteiger partial charge is 0.335 e. The first-order chi connectivity index (χ1) is 15.7. The number of nitro groups is 1. The third-order valence-corrected chi connectivity index (χ3v) is 7.44. The zero-order valence-corrected chi connectivity index (χ0v) is 20.1. The van der Waals surface area contributed by atoms with Crippen LogP contribution in [0, 0.1) is 10.1 Å². The first-order valence-electron chi connectivity index (χ1n) is 9.86. The second-order valence-corrected chi connectivity index (χ2v) is 9.70. The van der Waals surface area contributed by atoms with Gasteiger partial charge in [0.25, 0.3) is 11.6 Å². The topological polar surface area (TPSA) is 95.8 Å². The maximum absolute atomic E-state index is 13.0. The third kappa shape index (κ3) is 5.23. The average molecular weight is 528 g/mol. The normalized spacial score (nSPS) is 14.5. The molecule has 1 saturated heterocycles. The number of nitrogens with zero attached hydrogens (tertiary/aromatic N) is 3. The van der Waals surface area contributed by atoms with E-state index in [1.807, 2.05) is 4.90 Å². The number of nitrogens with one attached hydrogen (secondary N) is 1. The van der Waals surface area contributed by atoms with Crippen molar-refractivity contribution in [1.29, 1.82) is 0 Å². The molecule has 0 radical (unpaired) electrons. The van der Waals surface area contributed by atoms with Crippen molar-refractivity contribution in [1.82, 2.24) is 9.80 Å². The van der Waals surface area contributed by atoms with E-state index in [-0.39, 0.29) is 24.0 Å². The van der Waals surface area contributed by atoms with Crippen molar-refractivity contribution in [2.75, 3.05) is 38.0 Å². The zero-order valence-electron chi connectivity index (χ0n) is 17.0. The van der Waals surface area contributed by atoms with Crippen LogP contribution >= 0.6 is 46.1 Å². The molecule has 2 aromatic carbocycles. The predicted molar refractivity (Wildman–Crippen MR) is 131 cm³/mol. The van der Waals surface area contributed by atoms with E-state index >= 15 is 0 Å². The lowest BCUT2D eigenvalue weighted by Gasteiger charge is -2.34. The standard InChI is InChI=1S/C21H17Cl3N4O4S/c22-12-1-4-16(15(23)9-12)25-18(29)11-26-5-7-27(8-6-26)21(30)20-19(24)14-3-2-13(28(31)32)10-17(14)33-20/h1-4,9-10H,5-8,11H2,(H,25,29). The van der Waals surface area contributed by atoms with Gasteiger partial charge in [0.05, 0.1) is 27.2 Å². The van der Waals surface area contributed by atoms with E-state index in [2.05, 4.69) is 5.32 Å². The highest BCUT2D eigenvalue weighted by Gasteiger charge is 2.27. The number of rotatable bonds is 5. The molecule has 0 bridgehead atoms. The van der Waals surface area contributed by atoms with Gasteiger partial charge in [-0.2, -0.15) is 0 Å². The Morgan fingerprint density at radius 2 is 1.79 bits per heavy atom. The molecule has 0 spiro atoms. The van der Waals surface area contributed by atoms with Crippen molar-refractivity contribution >= 4 is 79.4 Å². The number of piperazine rings is 1. The van der Waals surface area contributed by atoms with Crippen LogP contribution in [0.2, 0.25) is 15.1 Å². The van der Waals surface area contributed by atoms with E-state index in [4.69, 9.17) is 34.8 Å². The summed E-state index contributed by atoms with van der Waals surface area (Å²) in [6, 6.07) is 9.20. The van der Waals surface area contributed by atoms with Gasteiger partial charge in [-0.05, 0) is 24.3 Å². The van der Waals surface area contributed by atoms with Crippen LogP contribution in [0.5, 0.6) is 0 Å². The number of amides is 2. The van der Waals surface area contributed by atoms with Crippen molar-refractivity contribution in [2.24, 2.45) is 0 Å². The number of anilines is 1. The SMILES string of the molecule is O=C(CN1CCN(C(=O)c2sc3cc([N+](=O)[O-])ccc3c2Cl)CC1)Nc1ccc(Cl)cc1Cl. The summed E-state index contributed by atoms with van der Waals surface area (Å²) >= 11 is 19.5. The molecular weight excluding hydrogens is 511 g/mol. The minimum Gasteiger partial charge on any atom is -0.335 e. The molecule has 0 aliphatic carbocycles. The van der Waals surface area contributed by atoms with Crippen LogP contribution in [0.4, 0.5) is 11.4 Å². The summed E-state index contributed by atoms with van der Waals surface area (Å²) in [5.41, 5.74) is 0.436. The zero-order chi connectivity index (χ0) is 23.7. The van der Waals surface area contributed by atoms with Gasteiger partial charge < -0.3 is 10.2 Å². The van der Waals surface area contributed by atoms with Gasteiger partial charge in [-0.25, -0.2) is 0 Å². The van der Waals surface area contributed by atoms with Gasteiger partial charge >= 0.3 is 0 Å². The molecule has 1 N–H and O–H groups in total. The Bertz CT molecular complexity index is 1260. The number of carbonyl (C=O) groups is 2. The molecule has 1 aliphatic heterocycles. The van der Waals surface area contributed by atoms with Gasteiger partial charge in [0.1, 0.15) is 4.88 Å². The molecule has 1 aliphatic rings. The van der Waals surface area contributed by atoms with Gasteiger partial charge in [-0.3, -0.25) is 24.6 Å². The molecular formula is C21H17Cl3N4O4S. The quantitative estimate of drug-likeness (QED) is 0.365. The predicted octanol–water partition coefficient (Wildman–Crippen LogP) is 5.17. The number of hydrogen-bond acceptors (Lipinski definition) is 6. The second-order valence-electron chi connectivity index (χ2n) is 7.42. The Labute approximate surface area is 207 Å². The Balaban J connectivity index is 1.36. The number of carbonyl (C=O) groups excluding carboxylic acids is 2. The van der Waals surface area contributed by atoms with E-state index in [9.17, 15) is 19.7 Å². The summed E-state index contributed by atoms with van der Waals surface area (Å²) in [4.78, 5) is 39.9. The molecule has 8 nitrogen and oxygen atoms in total. The number of fused-ring (bicyclic) bond motifs is 1. The fraction of sp³-hybridized carbons (Fsp3) is 0.238. The summed E-state index contributed by atoms with van der Waals surface area (Å²) in [6.07, 6.45) is 0. The van der Waals surface area contributed by atoms with E-state index in [1.165, 1.54) is 12.1 Å². The number of benzene rings is 2. The lowest BCUT2D eigenvalue weighted by atomic mass is 10.2. The lowest BCUT2D eigenvalue weighted by molar-refractivity contribution is -0.384. The molecule has 1 fully saturated rings. The minimum atomic E-state index is -0.481. The minimum absolute atomic E-state index is 0.0498. The number of thiophene rings is 1. The summed E-state index contributed by atoms with van der Waals surface area (Å²) in [7, 11) is 0.